The summed E-state index contributed by atoms with van der Waals surface area (Å²) in [6.07, 6.45) is 5.08. The summed E-state index contributed by atoms with van der Waals surface area (Å²) in [6, 6.07) is 14.6. The van der Waals surface area contributed by atoms with E-state index in [1.807, 2.05) is 18.2 Å². The van der Waals surface area contributed by atoms with Gasteiger partial charge in [0.25, 0.3) is 0 Å². The Kier molecular flexibility index (Phi) is 6.32. The summed E-state index contributed by atoms with van der Waals surface area (Å²) in [4.78, 5) is 15.1. The second kappa shape index (κ2) is 9.51. The van der Waals surface area contributed by atoms with Crippen molar-refractivity contribution >= 4 is 6.09 Å². The van der Waals surface area contributed by atoms with Crippen molar-refractivity contribution in [2.24, 2.45) is 5.92 Å². The van der Waals surface area contributed by atoms with E-state index in [-0.39, 0.29) is 25.0 Å². The number of piperidine rings is 3. The number of methoxy groups -OCH3 is 1. The van der Waals surface area contributed by atoms with Gasteiger partial charge in [0.15, 0.2) is 6.79 Å². The van der Waals surface area contributed by atoms with Gasteiger partial charge >= 0.3 is 6.09 Å². The van der Waals surface area contributed by atoms with Gasteiger partial charge in [0.05, 0.1) is 6.04 Å². The van der Waals surface area contributed by atoms with Crippen molar-refractivity contribution in [1.29, 1.82) is 0 Å². The third kappa shape index (κ3) is 4.62. The Balaban J connectivity index is 1.26. The molecule has 0 radical (unpaired) electrons. The highest BCUT2D eigenvalue weighted by atomic mass is 16.7. The Morgan fingerprint density at radius 1 is 1.09 bits per heavy atom. The van der Waals surface area contributed by atoms with Crippen molar-refractivity contribution in [2.75, 3.05) is 33.5 Å². The van der Waals surface area contributed by atoms with Crippen molar-refractivity contribution in [1.82, 2.24) is 10.2 Å². The smallest absolute Gasteiger partial charge is 0.407 e. The summed E-state index contributed by atoms with van der Waals surface area (Å²) < 4.78 is 16.5. The van der Waals surface area contributed by atoms with Crippen molar-refractivity contribution in [3.05, 3.63) is 53.6 Å². The van der Waals surface area contributed by atoms with E-state index in [2.05, 4.69) is 34.5 Å². The molecule has 0 aromatic heterocycles. The maximum atomic E-state index is 12.7. The van der Waals surface area contributed by atoms with Gasteiger partial charge in [0.2, 0.25) is 0 Å². The minimum Gasteiger partial charge on any atom is -0.468 e. The molecule has 2 bridgehead atoms. The van der Waals surface area contributed by atoms with Crippen LogP contribution in [0.4, 0.5) is 4.79 Å². The zero-order valence-corrected chi connectivity index (χ0v) is 18.7. The third-order valence-electron chi connectivity index (χ3n) is 7.11. The molecule has 3 heterocycles. The van der Waals surface area contributed by atoms with Crippen LogP contribution < -0.4 is 10.1 Å². The third-order valence-corrected chi connectivity index (χ3v) is 7.11. The maximum absolute atomic E-state index is 12.7. The number of hydrogen-bond donors (Lipinski definition) is 1. The molecule has 1 aliphatic carbocycles. The number of nitrogens with one attached hydrogen (secondary N) is 1. The fourth-order valence-corrected chi connectivity index (χ4v) is 5.39. The number of carbonyl (C=O) groups excluding carboxylic acids is 1. The molecule has 2 atom stereocenters. The second-order valence-electron chi connectivity index (χ2n) is 9.16. The topological polar surface area (TPSA) is 60.0 Å². The van der Waals surface area contributed by atoms with E-state index < -0.39 is 0 Å². The monoisotopic (exact) mass is 436 g/mol. The lowest BCUT2D eigenvalue weighted by atomic mass is 9.85. The number of amides is 1. The quantitative estimate of drug-likeness (QED) is 0.674. The van der Waals surface area contributed by atoms with Gasteiger partial charge in [0.1, 0.15) is 11.9 Å². The highest BCUT2D eigenvalue weighted by Gasteiger charge is 2.37. The molecule has 1 N–H and O–H groups in total. The molecule has 3 saturated heterocycles. The van der Waals surface area contributed by atoms with Crippen LogP contribution in [0.2, 0.25) is 0 Å². The van der Waals surface area contributed by atoms with Crippen LogP contribution in [0.1, 0.15) is 42.9 Å². The average molecular weight is 437 g/mol. The van der Waals surface area contributed by atoms with Gasteiger partial charge in [-0.15, -0.1) is 0 Å². The Morgan fingerprint density at radius 3 is 2.72 bits per heavy atom. The van der Waals surface area contributed by atoms with Crippen LogP contribution in [0, 0.1) is 5.92 Å². The average Bonchev–Trinajstić information content (AvgIpc) is 2.83. The Hall–Kier alpha value is -2.57. The Labute approximate surface area is 189 Å². The second-order valence-corrected chi connectivity index (χ2v) is 9.16. The van der Waals surface area contributed by atoms with Crippen molar-refractivity contribution in [3.8, 4) is 16.9 Å². The van der Waals surface area contributed by atoms with Crippen molar-refractivity contribution < 1.29 is 19.0 Å². The van der Waals surface area contributed by atoms with E-state index in [1.54, 1.807) is 7.11 Å². The molecule has 2 aromatic rings. The number of alkyl carbamates (subject to hydrolysis) is 1. The molecule has 4 aliphatic rings. The Morgan fingerprint density at radius 2 is 1.94 bits per heavy atom. The normalized spacial score (nSPS) is 26.3. The lowest BCUT2D eigenvalue weighted by molar-refractivity contribution is -0.0340. The van der Waals surface area contributed by atoms with E-state index in [0.29, 0.717) is 5.92 Å². The number of benzene rings is 2. The van der Waals surface area contributed by atoms with E-state index in [0.717, 1.165) is 68.6 Å². The molecule has 2 aromatic carbocycles. The minimum absolute atomic E-state index is 0.0118. The molecule has 32 heavy (non-hydrogen) atoms. The number of carbonyl (C=O) groups is 1. The molecule has 1 unspecified atom stereocenters. The number of ether oxygens (including phenoxy) is 3. The van der Waals surface area contributed by atoms with Gasteiger partial charge in [-0.3, -0.25) is 4.90 Å². The zero-order chi connectivity index (χ0) is 21.9. The van der Waals surface area contributed by atoms with E-state index in [4.69, 9.17) is 14.2 Å². The van der Waals surface area contributed by atoms with Gasteiger partial charge < -0.3 is 19.5 Å². The van der Waals surface area contributed by atoms with E-state index in [1.165, 1.54) is 11.1 Å². The SMILES string of the molecule is COCOc1cccc(-c2ccc3c(c2)CCCC3NC(=O)O[C@@H]2CN3CCC2CC3)c1. The predicted molar refractivity (Wildman–Crippen MR) is 123 cm³/mol. The fraction of sp³-hybridized carbons (Fsp3) is 0.500. The number of aryl methyl sites for hydroxylation is 1. The highest BCUT2D eigenvalue weighted by molar-refractivity contribution is 5.70. The molecule has 1 amide bonds. The highest BCUT2D eigenvalue weighted by Crippen LogP contribution is 2.34. The van der Waals surface area contributed by atoms with Gasteiger partial charge in [0, 0.05) is 13.7 Å². The molecular weight excluding hydrogens is 404 g/mol. The predicted octanol–water partition coefficient (Wildman–Crippen LogP) is 4.53. The molecule has 6 rings (SSSR count). The number of rotatable bonds is 6. The largest absolute Gasteiger partial charge is 0.468 e. The standard InChI is InChI=1S/C26H32N2O4/c1-30-17-31-22-6-2-4-19(15-22)20-8-9-23-21(14-20)5-3-7-24(23)27-26(29)32-25-16-28-12-10-18(25)11-13-28/h2,4,6,8-9,14-15,18,24-25H,3,5,7,10-13,16-17H2,1H3,(H,27,29)/t24?,25-/m1/s1. The van der Waals surface area contributed by atoms with Crippen LogP contribution in [-0.2, 0) is 15.9 Å². The molecule has 3 aliphatic heterocycles. The molecule has 170 valence electrons. The molecule has 3 fully saturated rings. The minimum atomic E-state index is -0.270. The number of fused-ring (bicyclic) bond motifs is 4. The van der Waals surface area contributed by atoms with Crippen LogP contribution in [0.15, 0.2) is 42.5 Å². The lowest BCUT2D eigenvalue weighted by Crippen LogP contribution is -2.52. The first kappa shape index (κ1) is 21.3. The van der Waals surface area contributed by atoms with Crippen LogP contribution in [0.3, 0.4) is 0 Å². The van der Waals surface area contributed by atoms with E-state index in [9.17, 15) is 4.79 Å². The number of hydrogen-bond acceptors (Lipinski definition) is 5. The maximum Gasteiger partial charge on any atom is 0.407 e. The van der Waals surface area contributed by atoms with Crippen LogP contribution in [0.25, 0.3) is 11.1 Å². The Bertz CT molecular complexity index is 955. The molecule has 6 nitrogen and oxygen atoms in total. The number of nitrogens with zero attached hydrogens (tertiary/aromatic N) is 1. The first-order chi connectivity index (χ1) is 15.7. The van der Waals surface area contributed by atoms with Crippen molar-refractivity contribution in [3.63, 3.8) is 0 Å². The zero-order valence-electron chi connectivity index (χ0n) is 18.7. The van der Waals surface area contributed by atoms with Crippen LogP contribution in [0.5, 0.6) is 5.75 Å². The summed E-state index contributed by atoms with van der Waals surface area (Å²) in [6.45, 7) is 3.41. The molecule has 0 spiro atoms. The molecular formula is C26H32N2O4. The lowest BCUT2D eigenvalue weighted by Gasteiger charge is -2.44. The summed E-state index contributed by atoms with van der Waals surface area (Å²) >= 11 is 0. The van der Waals surface area contributed by atoms with Gasteiger partial charge in [-0.25, -0.2) is 4.79 Å². The van der Waals surface area contributed by atoms with E-state index >= 15 is 0 Å². The summed E-state index contributed by atoms with van der Waals surface area (Å²) in [5, 5.41) is 3.16. The molecule has 0 saturated carbocycles. The first-order valence-electron chi connectivity index (χ1n) is 11.7. The van der Waals surface area contributed by atoms with Gasteiger partial charge in [-0.05, 0) is 85.5 Å². The molecule has 6 heteroatoms. The van der Waals surface area contributed by atoms with Crippen molar-refractivity contribution in [2.45, 2.75) is 44.2 Å². The van der Waals surface area contributed by atoms with Gasteiger partial charge in [-0.2, -0.15) is 0 Å². The fourth-order valence-electron chi connectivity index (χ4n) is 5.39. The summed E-state index contributed by atoms with van der Waals surface area (Å²) in [5.74, 6) is 1.31. The van der Waals surface area contributed by atoms with Crippen LogP contribution >= 0.6 is 0 Å². The van der Waals surface area contributed by atoms with Crippen LogP contribution in [-0.4, -0.2) is 50.6 Å². The summed E-state index contributed by atoms with van der Waals surface area (Å²) in [7, 11) is 1.62. The summed E-state index contributed by atoms with van der Waals surface area (Å²) in [5.41, 5.74) is 4.77. The first-order valence-corrected chi connectivity index (χ1v) is 11.7. The van der Waals surface area contributed by atoms with Gasteiger partial charge in [-0.1, -0.05) is 30.3 Å².